The maximum absolute atomic E-state index is 12.6. The summed E-state index contributed by atoms with van der Waals surface area (Å²) in [5.74, 6) is 0.992. The summed E-state index contributed by atoms with van der Waals surface area (Å²) < 4.78 is 11.3. The van der Waals surface area contributed by atoms with E-state index in [1.165, 1.54) is 0 Å². The lowest BCUT2D eigenvalue weighted by Crippen LogP contribution is -2.40. The van der Waals surface area contributed by atoms with Crippen LogP contribution in [0.5, 0.6) is 11.5 Å². The minimum atomic E-state index is -0.339. The van der Waals surface area contributed by atoms with Gasteiger partial charge in [-0.25, -0.2) is 0 Å². The molecule has 0 aromatic heterocycles. The van der Waals surface area contributed by atoms with E-state index in [0.29, 0.717) is 35.8 Å². The number of amides is 2. The van der Waals surface area contributed by atoms with E-state index in [2.05, 4.69) is 10.6 Å². The summed E-state index contributed by atoms with van der Waals surface area (Å²) in [7, 11) is 0. The maximum Gasteiger partial charge on any atom is 0.255 e. The molecule has 0 spiro atoms. The highest BCUT2D eigenvalue weighted by atomic mass is 16.5. The fourth-order valence-electron chi connectivity index (χ4n) is 2.89. The zero-order valence-corrected chi connectivity index (χ0v) is 18.6. The number of carbonyl (C=O) groups excluding carboxylic acids is 2. The van der Waals surface area contributed by atoms with E-state index in [0.717, 1.165) is 5.75 Å². The molecule has 0 aliphatic heterocycles. The average Bonchev–Trinajstić information content (AvgIpc) is 2.77. The van der Waals surface area contributed by atoms with E-state index in [1.807, 2.05) is 51.1 Å². The molecule has 0 radical (unpaired) electrons. The van der Waals surface area contributed by atoms with E-state index in [9.17, 15) is 9.59 Å². The summed E-state index contributed by atoms with van der Waals surface area (Å²) in [6.07, 6.45) is 0. The summed E-state index contributed by atoms with van der Waals surface area (Å²) in [6, 6.07) is 23.3. The fourth-order valence-corrected chi connectivity index (χ4v) is 2.89. The minimum Gasteiger partial charge on any atom is -0.490 e. The second kappa shape index (κ2) is 10.5. The summed E-state index contributed by atoms with van der Waals surface area (Å²) in [5.41, 5.74) is 1.19. The van der Waals surface area contributed by atoms with Gasteiger partial charge in [0.2, 0.25) is 0 Å². The zero-order valence-electron chi connectivity index (χ0n) is 18.6. The van der Waals surface area contributed by atoms with Gasteiger partial charge in [-0.05, 0) is 75.4 Å². The van der Waals surface area contributed by atoms with Gasteiger partial charge in [0.15, 0.2) is 0 Å². The first-order chi connectivity index (χ1) is 15.3. The van der Waals surface area contributed by atoms with Crippen LogP contribution in [0.25, 0.3) is 0 Å². The molecule has 0 aliphatic carbocycles. The Morgan fingerprint density at radius 3 is 1.97 bits per heavy atom. The van der Waals surface area contributed by atoms with Crippen LogP contribution in [0, 0.1) is 0 Å². The minimum absolute atomic E-state index is 0.189. The molecule has 32 heavy (non-hydrogen) atoms. The molecule has 0 fully saturated rings. The molecule has 0 saturated carbocycles. The molecule has 0 bridgehead atoms. The second-order valence-electron chi connectivity index (χ2n) is 8.27. The van der Waals surface area contributed by atoms with Crippen molar-refractivity contribution in [2.24, 2.45) is 0 Å². The van der Waals surface area contributed by atoms with Crippen molar-refractivity contribution in [3.05, 3.63) is 90.0 Å². The van der Waals surface area contributed by atoms with E-state index in [-0.39, 0.29) is 17.4 Å². The summed E-state index contributed by atoms with van der Waals surface area (Å²) in [6.45, 7) is 6.57. The molecule has 0 saturated heterocycles. The first-order valence-corrected chi connectivity index (χ1v) is 10.4. The lowest BCUT2D eigenvalue weighted by atomic mass is 10.1. The Morgan fingerprint density at radius 1 is 0.719 bits per heavy atom. The molecule has 2 amide bonds. The first-order valence-electron chi connectivity index (χ1n) is 10.4. The number of carbonyl (C=O) groups is 2. The molecule has 0 unspecified atom stereocenters. The Kier molecular flexibility index (Phi) is 7.49. The number of para-hydroxylation sites is 1. The number of nitrogens with one attached hydrogen (secondary N) is 2. The first kappa shape index (κ1) is 22.9. The summed E-state index contributed by atoms with van der Waals surface area (Å²) in [4.78, 5) is 24.9. The Hall–Kier alpha value is -3.80. The number of ether oxygens (including phenoxy) is 2. The van der Waals surface area contributed by atoms with Gasteiger partial charge in [-0.2, -0.15) is 0 Å². The third-order valence-corrected chi connectivity index (χ3v) is 4.35. The molecule has 3 aromatic carbocycles. The van der Waals surface area contributed by atoms with Gasteiger partial charge in [0, 0.05) is 22.4 Å². The Balaban J connectivity index is 1.51. The molecule has 0 atom stereocenters. The molecule has 6 nitrogen and oxygen atoms in total. The normalized spacial score (nSPS) is 10.8. The third kappa shape index (κ3) is 7.16. The highest BCUT2D eigenvalue weighted by Crippen LogP contribution is 2.16. The van der Waals surface area contributed by atoms with Gasteiger partial charge >= 0.3 is 0 Å². The summed E-state index contributed by atoms with van der Waals surface area (Å²) in [5, 5.41) is 5.74. The molecular weight excluding hydrogens is 404 g/mol. The van der Waals surface area contributed by atoms with Crippen LogP contribution in [0.4, 0.5) is 5.69 Å². The van der Waals surface area contributed by atoms with E-state index in [4.69, 9.17) is 9.47 Å². The SMILES string of the molecule is CC(C)(C)NC(=O)c1cccc(NC(=O)c2ccc(OCCOc3ccccc3)cc2)c1. The molecule has 3 rings (SSSR count). The van der Waals surface area contributed by atoms with E-state index < -0.39 is 0 Å². The van der Waals surface area contributed by atoms with Crippen molar-refractivity contribution in [2.45, 2.75) is 26.3 Å². The molecule has 3 aromatic rings. The largest absolute Gasteiger partial charge is 0.490 e. The number of hydrogen-bond acceptors (Lipinski definition) is 4. The standard InChI is InChI=1S/C26H28N2O4/c1-26(2,3)28-25(30)20-8-7-9-21(18-20)27-24(29)19-12-14-23(15-13-19)32-17-16-31-22-10-5-4-6-11-22/h4-15,18H,16-17H2,1-3H3,(H,27,29)(H,28,30). The van der Waals surface area contributed by atoms with Crippen LogP contribution in [0.1, 0.15) is 41.5 Å². The van der Waals surface area contributed by atoms with Crippen molar-refractivity contribution in [3.8, 4) is 11.5 Å². The van der Waals surface area contributed by atoms with Crippen LogP contribution in [-0.2, 0) is 0 Å². The van der Waals surface area contributed by atoms with Crippen LogP contribution >= 0.6 is 0 Å². The highest BCUT2D eigenvalue weighted by Gasteiger charge is 2.16. The Labute approximate surface area is 188 Å². The van der Waals surface area contributed by atoms with Crippen molar-refractivity contribution < 1.29 is 19.1 Å². The van der Waals surface area contributed by atoms with E-state index >= 15 is 0 Å². The smallest absolute Gasteiger partial charge is 0.255 e. The molecular formula is C26H28N2O4. The highest BCUT2D eigenvalue weighted by molar-refractivity contribution is 6.05. The molecule has 2 N–H and O–H groups in total. The molecule has 166 valence electrons. The van der Waals surface area contributed by atoms with Gasteiger partial charge in [0.1, 0.15) is 24.7 Å². The number of hydrogen-bond donors (Lipinski definition) is 2. The van der Waals surface area contributed by atoms with E-state index in [1.54, 1.807) is 48.5 Å². The zero-order chi connectivity index (χ0) is 23.0. The van der Waals surface area contributed by atoms with Gasteiger partial charge in [-0.15, -0.1) is 0 Å². The van der Waals surface area contributed by atoms with Gasteiger partial charge < -0.3 is 20.1 Å². The maximum atomic E-state index is 12.6. The number of rotatable bonds is 8. The predicted octanol–water partition coefficient (Wildman–Crippen LogP) is 4.93. The van der Waals surface area contributed by atoms with Crippen LogP contribution in [0.2, 0.25) is 0 Å². The quantitative estimate of drug-likeness (QED) is 0.495. The average molecular weight is 433 g/mol. The lowest BCUT2D eigenvalue weighted by Gasteiger charge is -2.20. The van der Waals surface area contributed by atoms with Gasteiger partial charge in [-0.3, -0.25) is 9.59 Å². The van der Waals surface area contributed by atoms with Crippen LogP contribution in [-0.4, -0.2) is 30.6 Å². The van der Waals surface area contributed by atoms with Crippen molar-refractivity contribution in [1.29, 1.82) is 0 Å². The third-order valence-electron chi connectivity index (χ3n) is 4.35. The second-order valence-corrected chi connectivity index (χ2v) is 8.27. The van der Waals surface area contributed by atoms with Crippen molar-refractivity contribution in [2.75, 3.05) is 18.5 Å². The molecule has 6 heteroatoms. The van der Waals surface area contributed by atoms with Crippen molar-refractivity contribution in [3.63, 3.8) is 0 Å². The van der Waals surface area contributed by atoms with Gasteiger partial charge in [-0.1, -0.05) is 24.3 Å². The molecule has 0 aliphatic rings. The number of anilines is 1. The Morgan fingerprint density at radius 2 is 1.34 bits per heavy atom. The van der Waals surface area contributed by atoms with Gasteiger partial charge in [0.25, 0.3) is 11.8 Å². The van der Waals surface area contributed by atoms with Crippen molar-refractivity contribution >= 4 is 17.5 Å². The van der Waals surface area contributed by atoms with Gasteiger partial charge in [0.05, 0.1) is 0 Å². The summed E-state index contributed by atoms with van der Waals surface area (Å²) >= 11 is 0. The monoisotopic (exact) mass is 432 g/mol. The van der Waals surface area contributed by atoms with Crippen LogP contribution in [0.15, 0.2) is 78.9 Å². The number of benzene rings is 3. The molecule has 0 heterocycles. The van der Waals surface area contributed by atoms with Crippen molar-refractivity contribution in [1.82, 2.24) is 5.32 Å². The topological polar surface area (TPSA) is 76.7 Å². The predicted molar refractivity (Wildman–Crippen MR) is 125 cm³/mol. The van der Waals surface area contributed by atoms with Crippen LogP contribution in [0.3, 0.4) is 0 Å². The lowest BCUT2D eigenvalue weighted by molar-refractivity contribution is 0.0918. The Bertz CT molecular complexity index is 1040. The van der Waals surface area contributed by atoms with Crippen LogP contribution < -0.4 is 20.1 Å². The fraction of sp³-hybridized carbons (Fsp3) is 0.231.